The highest BCUT2D eigenvalue weighted by Crippen LogP contribution is 2.30. The van der Waals surface area contributed by atoms with Crippen molar-refractivity contribution >= 4 is 45.5 Å². The number of hydrogen-bond donors (Lipinski definition) is 2. The molecule has 1 unspecified atom stereocenters. The third-order valence-electron chi connectivity index (χ3n) is 5.05. The van der Waals surface area contributed by atoms with Crippen LogP contribution in [0.5, 0.6) is 11.5 Å². The summed E-state index contributed by atoms with van der Waals surface area (Å²) in [7, 11) is 1.81. The second-order valence-electron chi connectivity index (χ2n) is 8.08. The van der Waals surface area contributed by atoms with E-state index in [0.717, 1.165) is 36.7 Å². The summed E-state index contributed by atoms with van der Waals surface area (Å²) in [6, 6.07) is 6.05. The average Bonchev–Trinajstić information content (AvgIpc) is 3.14. The van der Waals surface area contributed by atoms with Crippen molar-refractivity contribution in [1.29, 1.82) is 0 Å². The lowest BCUT2D eigenvalue weighted by molar-refractivity contribution is 0.394. The SMILES string of the molecule is CN=C(NCCS(=O)(=O)C(C)(C)C)NC1CCN(c2cc(OC)cc(OC)c2)C1.I. The molecule has 1 atom stereocenters. The summed E-state index contributed by atoms with van der Waals surface area (Å²) in [5, 5.41) is 6.50. The van der Waals surface area contributed by atoms with Gasteiger partial charge in [-0.05, 0) is 27.2 Å². The first-order valence-corrected chi connectivity index (χ1v) is 11.4. The lowest BCUT2D eigenvalue weighted by Crippen LogP contribution is -2.46. The Morgan fingerprint density at radius 3 is 2.30 bits per heavy atom. The molecule has 0 bridgehead atoms. The minimum Gasteiger partial charge on any atom is -0.497 e. The first kappa shape index (κ1) is 26.6. The maximum atomic E-state index is 12.2. The Bertz CT molecular complexity index is 802. The molecule has 1 heterocycles. The topological polar surface area (TPSA) is 92.3 Å². The van der Waals surface area contributed by atoms with Crippen LogP contribution < -0.4 is 25.0 Å². The fourth-order valence-electron chi connectivity index (χ4n) is 3.09. The van der Waals surface area contributed by atoms with Crippen LogP contribution in [0.4, 0.5) is 5.69 Å². The summed E-state index contributed by atoms with van der Waals surface area (Å²) in [6.07, 6.45) is 0.945. The van der Waals surface area contributed by atoms with Gasteiger partial charge in [-0.15, -0.1) is 24.0 Å². The Labute approximate surface area is 197 Å². The molecule has 172 valence electrons. The maximum absolute atomic E-state index is 12.2. The maximum Gasteiger partial charge on any atom is 0.191 e. The second kappa shape index (κ2) is 11.3. The summed E-state index contributed by atoms with van der Waals surface area (Å²) in [6.45, 7) is 7.17. The highest BCUT2D eigenvalue weighted by molar-refractivity contribution is 14.0. The van der Waals surface area contributed by atoms with Gasteiger partial charge in [-0.25, -0.2) is 8.42 Å². The molecule has 0 amide bonds. The van der Waals surface area contributed by atoms with Gasteiger partial charge in [0.15, 0.2) is 15.8 Å². The van der Waals surface area contributed by atoms with E-state index in [1.807, 2.05) is 18.2 Å². The molecule has 1 saturated heterocycles. The van der Waals surface area contributed by atoms with Gasteiger partial charge in [0.05, 0.1) is 24.7 Å². The molecule has 8 nitrogen and oxygen atoms in total. The molecule has 30 heavy (non-hydrogen) atoms. The zero-order valence-electron chi connectivity index (χ0n) is 18.7. The molecule has 0 saturated carbocycles. The Balaban J connectivity index is 0.00000450. The summed E-state index contributed by atoms with van der Waals surface area (Å²) < 4.78 is 34.5. The average molecular weight is 554 g/mol. The number of aliphatic imine (C=N–C) groups is 1. The molecular weight excluding hydrogens is 519 g/mol. The molecule has 1 aliphatic rings. The number of benzene rings is 1. The van der Waals surface area contributed by atoms with Gasteiger partial charge in [-0.3, -0.25) is 4.99 Å². The zero-order valence-corrected chi connectivity index (χ0v) is 21.8. The van der Waals surface area contributed by atoms with E-state index in [2.05, 4.69) is 20.5 Å². The number of halogens is 1. The molecular formula is C20H35IN4O4S. The van der Waals surface area contributed by atoms with Crippen LogP contribution >= 0.6 is 24.0 Å². The third-order valence-corrected chi connectivity index (χ3v) is 7.66. The third kappa shape index (κ3) is 7.07. The van der Waals surface area contributed by atoms with E-state index in [9.17, 15) is 8.42 Å². The van der Waals surface area contributed by atoms with Crippen molar-refractivity contribution in [3.8, 4) is 11.5 Å². The molecule has 10 heteroatoms. The normalized spacial score (nSPS) is 17.3. The van der Waals surface area contributed by atoms with Gasteiger partial charge in [-0.1, -0.05) is 0 Å². The van der Waals surface area contributed by atoms with Gasteiger partial charge in [0, 0.05) is 56.6 Å². The number of guanidine groups is 1. The number of methoxy groups -OCH3 is 2. The second-order valence-corrected chi connectivity index (χ2v) is 10.9. The lowest BCUT2D eigenvalue weighted by atomic mass is 10.2. The van der Waals surface area contributed by atoms with Gasteiger partial charge in [0.1, 0.15) is 11.5 Å². The van der Waals surface area contributed by atoms with Gasteiger partial charge in [0.2, 0.25) is 0 Å². The molecule has 1 aromatic carbocycles. The monoisotopic (exact) mass is 554 g/mol. The molecule has 1 aliphatic heterocycles. The molecule has 1 aromatic rings. The molecule has 1 fully saturated rings. The number of nitrogens with one attached hydrogen (secondary N) is 2. The molecule has 2 N–H and O–H groups in total. The van der Waals surface area contributed by atoms with Crippen molar-refractivity contribution in [2.45, 2.75) is 38.0 Å². The molecule has 0 aromatic heterocycles. The summed E-state index contributed by atoms with van der Waals surface area (Å²) in [5.74, 6) is 2.20. The van der Waals surface area contributed by atoms with Crippen molar-refractivity contribution in [3.63, 3.8) is 0 Å². The number of ether oxygens (including phenoxy) is 2. The van der Waals surface area contributed by atoms with E-state index in [-0.39, 0.29) is 35.8 Å². The van der Waals surface area contributed by atoms with Crippen LogP contribution in [0.15, 0.2) is 23.2 Å². The quantitative estimate of drug-likeness (QED) is 0.304. The van der Waals surface area contributed by atoms with Crippen LogP contribution in [0.3, 0.4) is 0 Å². The van der Waals surface area contributed by atoms with E-state index in [1.165, 1.54) is 0 Å². The Hall–Kier alpha value is -1.43. The van der Waals surface area contributed by atoms with E-state index in [4.69, 9.17) is 9.47 Å². The van der Waals surface area contributed by atoms with Gasteiger partial charge in [-0.2, -0.15) is 0 Å². The predicted molar refractivity (Wildman–Crippen MR) is 134 cm³/mol. The van der Waals surface area contributed by atoms with Crippen molar-refractivity contribution < 1.29 is 17.9 Å². The fourth-order valence-corrected chi connectivity index (χ4v) is 4.07. The van der Waals surface area contributed by atoms with Crippen LogP contribution in [0.25, 0.3) is 0 Å². The largest absolute Gasteiger partial charge is 0.497 e. The number of nitrogens with zero attached hydrogens (tertiary/aromatic N) is 2. The first-order valence-electron chi connectivity index (χ1n) is 9.77. The molecule has 2 rings (SSSR count). The molecule has 0 spiro atoms. The number of rotatable bonds is 7. The van der Waals surface area contributed by atoms with Gasteiger partial charge < -0.3 is 25.0 Å². The van der Waals surface area contributed by atoms with Crippen molar-refractivity contribution in [3.05, 3.63) is 18.2 Å². The zero-order chi connectivity index (χ0) is 21.7. The Morgan fingerprint density at radius 1 is 1.20 bits per heavy atom. The number of anilines is 1. The summed E-state index contributed by atoms with van der Waals surface area (Å²) >= 11 is 0. The summed E-state index contributed by atoms with van der Waals surface area (Å²) in [4.78, 5) is 6.49. The smallest absolute Gasteiger partial charge is 0.191 e. The van der Waals surface area contributed by atoms with E-state index >= 15 is 0 Å². The first-order chi connectivity index (χ1) is 13.6. The Kier molecular flexibility index (Phi) is 9.99. The minimum atomic E-state index is -3.16. The van der Waals surface area contributed by atoms with E-state index in [1.54, 1.807) is 42.0 Å². The minimum absolute atomic E-state index is 0. The molecule has 0 aliphatic carbocycles. The van der Waals surface area contributed by atoms with Crippen LogP contribution in [0.1, 0.15) is 27.2 Å². The van der Waals surface area contributed by atoms with Crippen LogP contribution in [0.2, 0.25) is 0 Å². The highest BCUT2D eigenvalue weighted by Gasteiger charge is 2.28. The molecule has 0 radical (unpaired) electrons. The number of sulfone groups is 1. The van der Waals surface area contributed by atoms with Crippen molar-refractivity contribution in [2.24, 2.45) is 4.99 Å². The fraction of sp³-hybridized carbons (Fsp3) is 0.650. The van der Waals surface area contributed by atoms with Crippen LogP contribution in [-0.2, 0) is 9.84 Å². The van der Waals surface area contributed by atoms with Gasteiger partial charge >= 0.3 is 0 Å². The van der Waals surface area contributed by atoms with E-state index < -0.39 is 14.6 Å². The van der Waals surface area contributed by atoms with E-state index in [0.29, 0.717) is 12.5 Å². The predicted octanol–water partition coefficient (Wildman–Crippen LogP) is 2.28. The van der Waals surface area contributed by atoms with Crippen molar-refractivity contribution in [2.75, 3.05) is 51.6 Å². The van der Waals surface area contributed by atoms with Crippen LogP contribution in [0, 0.1) is 0 Å². The van der Waals surface area contributed by atoms with Gasteiger partial charge in [0.25, 0.3) is 0 Å². The van der Waals surface area contributed by atoms with Crippen LogP contribution in [-0.4, -0.2) is 71.8 Å². The Morgan fingerprint density at radius 2 is 1.80 bits per heavy atom. The van der Waals surface area contributed by atoms with Crippen molar-refractivity contribution in [1.82, 2.24) is 10.6 Å². The standard InChI is InChI=1S/C20H34N4O4S.HI/c1-20(2,3)29(25,26)10-8-22-19(21-4)23-15-7-9-24(14-15)16-11-17(27-5)13-18(12-16)28-6;/h11-13,15H,7-10,14H2,1-6H3,(H2,21,22,23);1H. The summed E-state index contributed by atoms with van der Waals surface area (Å²) in [5.41, 5.74) is 1.05. The highest BCUT2D eigenvalue weighted by atomic mass is 127. The lowest BCUT2D eigenvalue weighted by Gasteiger charge is -2.22. The number of hydrogen-bond acceptors (Lipinski definition) is 6.